The standard InChI is InChI=1S/C19H28N2O3/c1-19(2,3)17-16(24-10-9-21(17)18(22)23)12-20-15-11-14(15)13-7-5-4-6-8-13/h4-8,14-17,20H,9-12H2,1-3H3,(H,22,23)/t14-,15+,16?,17?/m0/s1. The molecule has 1 saturated heterocycles. The van der Waals surface area contributed by atoms with E-state index in [1.807, 2.05) is 6.07 Å². The summed E-state index contributed by atoms with van der Waals surface area (Å²) in [5.74, 6) is 0.568. The van der Waals surface area contributed by atoms with Crippen molar-refractivity contribution in [1.82, 2.24) is 10.2 Å². The first-order valence-electron chi connectivity index (χ1n) is 8.77. The number of carboxylic acid groups (broad SMARTS) is 1. The second-order valence-electron chi connectivity index (χ2n) is 7.96. The predicted octanol–water partition coefficient (Wildman–Crippen LogP) is 2.93. The summed E-state index contributed by atoms with van der Waals surface area (Å²) in [5.41, 5.74) is 1.21. The number of morpholine rings is 1. The first-order chi connectivity index (χ1) is 11.4. The van der Waals surface area contributed by atoms with Crippen LogP contribution in [-0.4, -0.2) is 54.0 Å². The Bertz CT molecular complexity index is 570. The number of hydrogen-bond acceptors (Lipinski definition) is 3. The van der Waals surface area contributed by atoms with Gasteiger partial charge in [-0.3, -0.25) is 4.90 Å². The van der Waals surface area contributed by atoms with Crippen molar-refractivity contribution in [2.75, 3.05) is 19.7 Å². The zero-order valence-electron chi connectivity index (χ0n) is 14.7. The van der Waals surface area contributed by atoms with Crippen LogP contribution in [0.1, 0.15) is 38.7 Å². The summed E-state index contributed by atoms with van der Waals surface area (Å²) < 4.78 is 5.95. The quantitative estimate of drug-likeness (QED) is 0.890. The van der Waals surface area contributed by atoms with Crippen molar-refractivity contribution < 1.29 is 14.6 Å². The van der Waals surface area contributed by atoms with Gasteiger partial charge >= 0.3 is 6.09 Å². The van der Waals surface area contributed by atoms with E-state index in [4.69, 9.17) is 4.74 Å². The highest BCUT2D eigenvalue weighted by Crippen LogP contribution is 2.41. The highest BCUT2D eigenvalue weighted by Gasteiger charge is 2.44. The molecule has 0 radical (unpaired) electrons. The third kappa shape index (κ3) is 3.73. The van der Waals surface area contributed by atoms with E-state index in [9.17, 15) is 9.90 Å². The summed E-state index contributed by atoms with van der Waals surface area (Å²) in [6.45, 7) is 7.86. The summed E-state index contributed by atoms with van der Waals surface area (Å²) in [5, 5.41) is 13.1. The van der Waals surface area contributed by atoms with Crippen molar-refractivity contribution in [3.05, 3.63) is 35.9 Å². The van der Waals surface area contributed by atoms with E-state index in [1.165, 1.54) is 5.56 Å². The largest absolute Gasteiger partial charge is 0.465 e. The smallest absolute Gasteiger partial charge is 0.407 e. The molecule has 2 N–H and O–H groups in total. The van der Waals surface area contributed by atoms with Crippen LogP contribution in [0.2, 0.25) is 0 Å². The van der Waals surface area contributed by atoms with Crippen molar-refractivity contribution in [2.45, 2.75) is 51.3 Å². The van der Waals surface area contributed by atoms with Crippen LogP contribution in [0.25, 0.3) is 0 Å². The van der Waals surface area contributed by atoms with Crippen molar-refractivity contribution in [3.8, 4) is 0 Å². The molecule has 1 amide bonds. The van der Waals surface area contributed by atoms with Crippen molar-refractivity contribution in [3.63, 3.8) is 0 Å². The molecule has 132 valence electrons. The van der Waals surface area contributed by atoms with Crippen molar-refractivity contribution >= 4 is 6.09 Å². The fourth-order valence-corrected chi connectivity index (χ4v) is 3.90. The van der Waals surface area contributed by atoms with E-state index >= 15 is 0 Å². The van der Waals surface area contributed by atoms with Gasteiger partial charge in [-0.2, -0.15) is 0 Å². The van der Waals surface area contributed by atoms with Crippen LogP contribution in [0.5, 0.6) is 0 Å². The summed E-state index contributed by atoms with van der Waals surface area (Å²) in [7, 11) is 0. The van der Waals surface area contributed by atoms with Gasteiger partial charge in [0.2, 0.25) is 0 Å². The topological polar surface area (TPSA) is 61.8 Å². The number of ether oxygens (including phenoxy) is 1. The van der Waals surface area contributed by atoms with E-state index in [1.54, 1.807) is 4.90 Å². The molecule has 2 unspecified atom stereocenters. The van der Waals surface area contributed by atoms with Gasteiger partial charge in [-0.05, 0) is 17.4 Å². The monoisotopic (exact) mass is 332 g/mol. The van der Waals surface area contributed by atoms with Gasteiger partial charge < -0.3 is 15.2 Å². The molecule has 24 heavy (non-hydrogen) atoms. The SMILES string of the molecule is CC(C)(C)C1C(CN[C@@H]2C[C@H]2c2ccccc2)OCCN1C(=O)O. The van der Waals surface area contributed by atoms with E-state index in [0.717, 1.165) is 6.42 Å². The summed E-state index contributed by atoms with van der Waals surface area (Å²) >= 11 is 0. The lowest BCUT2D eigenvalue weighted by Gasteiger charge is -2.46. The Balaban J connectivity index is 1.60. The fraction of sp³-hybridized carbons (Fsp3) is 0.632. The highest BCUT2D eigenvalue weighted by atomic mass is 16.5. The summed E-state index contributed by atoms with van der Waals surface area (Å²) in [6.07, 6.45) is 0.184. The maximum Gasteiger partial charge on any atom is 0.407 e. The normalized spacial score (nSPS) is 30.2. The molecule has 1 aromatic carbocycles. The molecule has 0 aromatic heterocycles. The second kappa shape index (κ2) is 6.73. The van der Waals surface area contributed by atoms with Crippen molar-refractivity contribution in [1.29, 1.82) is 0 Å². The molecule has 4 atom stereocenters. The second-order valence-corrected chi connectivity index (χ2v) is 7.96. The molecule has 1 aliphatic carbocycles. The Labute approximate surface area is 144 Å². The summed E-state index contributed by atoms with van der Waals surface area (Å²) in [6, 6.07) is 10.9. The van der Waals surface area contributed by atoms with Gasteiger partial charge in [-0.25, -0.2) is 4.79 Å². The van der Waals surface area contributed by atoms with Gasteiger partial charge in [0.15, 0.2) is 0 Å². The average Bonchev–Trinajstić information content (AvgIpc) is 3.32. The number of benzene rings is 1. The minimum Gasteiger partial charge on any atom is -0.465 e. The maximum absolute atomic E-state index is 11.6. The van der Waals surface area contributed by atoms with Crippen molar-refractivity contribution in [2.24, 2.45) is 5.41 Å². The first kappa shape index (κ1) is 17.2. The zero-order chi connectivity index (χ0) is 17.3. The highest BCUT2D eigenvalue weighted by molar-refractivity contribution is 5.65. The Hall–Kier alpha value is -1.59. The lowest BCUT2D eigenvalue weighted by atomic mass is 9.81. The number of nitrogens with one attached hydrogen (secondary N) is 1. The molecular formula is C19H28N2O3. The molecule has 2 aliphatic rings. The van der Waals surface area contributed by atoms with E-state index in [-0.39, 0.29) is 17.6 Å². The molecule has 2 fully saturated rings. The minimum atomic E-state index is -0.850. The number of rotatable bonds is 4. The van der Waals surface area contributed by atoms with Gasteiger partial charge in [0.25, 0.3) is 0 Å². The summed E-state index contributed by atoms with van der Waals surface area (Å²) in [4.78, 5) is 13.1. The molecular weight excluding hydrogens is 304 g/mol. The van der Waals surface area contributed by atoms with Crippen LogP contribution in [0.3, 0.4) is 0 Å². The van der Waals surface area contributed by atoms with Crippen LogP contribution < -0.4 is 5.32 Å². The van der Waals surface area contributed by atoms with Gasteiger partial charge in [0.05, 0.1) is 18.8 Å². The molecule has 1 aliphatic heterocycles. The number of amides is 1. The molecule has 1 heterocycles. The van der Waals surface area contributed by atoms with Gasteiger partial charge in [0, 0.05) is 25.0 Å². The first-order valence-corrected chi connectivity index (χ1v) is 8.77. The molecule has 5 heteroatoms. The van der Waals surface area contributed by atoms with Crippen LogP contribution in [0.4, 0.5) is 4.79 Å². The molecule has 1 aromatic rings. The predicted molar refractivity (Wildman–Crippen MR) is 93.3 cm³/mol. The van der Waals surface area contributed by atoms with Gasteiger partial charge in [-0.15, -0.1) is 0 Å². The number of nitrogens with zero attached hydrogens (tertiary/aromatic N) is 1. The molecule has 5 nitrogen and oxygen atoms in total. The molecule has 0 spiro atoms. The third-order valence-electron chi connectivity index (χ3n) is 5.08. The molecule has 3 rings (SSSR count). The molecule has 1 saturated carbocycles. The van der Waals surface area contributed by atoms with Gasteiger partial charge in [-0.1, -0.05) is 51.1 Å². The minimum absolute atomic E-state index is 0.105. The number of hydrogen-bond donors (Lipinski definition) is 2. The Morgan fingerprint density at radius 1 is 1.33 bits per heavy atom. The van der Waals surface area contributed by atoms with Crippen LogP contribution in [-0.2, 0) is 4.74 Å². The van der Waals surface area contributed by atoms with E-state index in [0.29, 0.717) is 31.7 Å². The average molecular weight is 332 g/mol. The zero-order valence-corrected chi connectivity index (χ0v) is 14.7. The maximum atomic E-state index is 11.6. The number of carbonyl (C=O) groups is 1. The van der Waals surface area contributed by atoms with Crippen LogP contribution in [0, 0.1) is 5.41 Å². The van der Waals surface area contributed by atoms with Gasteiger partial charge in [0.1, 0.15) is 0 Å². The Morgan fingerprint density at radius 2 is 2.04 bits per heavy atom. The third-order valence-corrected chi connectivity index (χ3v) is 5.08. The van der Waals surface area contributed by atoms with Crippen LogP contribution >= 0.6 is 0 Å². The van der Waals surface area contributed by atoms with E-state index in [2.05, 4.69) is 50.4 Å². The lowest BCUT2D eigenvalue weighted by molar-refractivity contribution is -0.0923. The van der Waals surface area contributed by atoms with E-state index < -0.39 is 6.09 Å². The Kier molecular flexibility index (Phi) is 4.83. The molecule has 0 bridgehead atoms. The lowest BCUT2D eigenvalue weighted by Crippen LogP contribution is -2.61. The fourth-order valence-electron chi connectivity index (χ4n) is 3.90. The Morgan fingerprint density at radius 3 is 2.67 bits per heavy atom. The van der Waals surface area contributed by atoms with Crippen LogP contribution in [0.15, 0.2) is 30.3 Å².